The van der Waals surface area contributed by atoms with Crippen molar-refractivity contribution in [2.45, 2.75) is 32.9 Å². The Morgan fingerprint density at radius 1 is 1.19 bits per heavy atom. The Morgan fingerprint density at radius 2 is 1.86 bits per heavy atom. The molecular formula is C14H18N2O5. The van der Waals surface area contributed by atoms with Gasteiger partial charge in [0, 0.05) is 6.42 Å². The van der Waals surface area contributed by atoms with Crippen LogP contribution in [0.5, 0.6) is 0 Å². The number of rotatable bonds is 5. The Balaban J connectivity index is 2.29. The van der Waals surface area contributed by atoms with E-state index < -0.39 is 24.0 Å². The molecular weight excluding hydrogens is 276 g/mol. The summed E-state index contributed by atoms with van der Waals surface area (Å²) in [7, 11) is 0. The van der Waals surface area contributed by atoms with Gasteiger partial charge in [-0.25, -0.2) is 9.59 Å². The summed E-state index contributed by atoms with van der Waals surface area (Å²) in [6.07, 6.45) is -0.593. The summed E-state index contributed by atoms with van der Waals surface area (Å²) >= 11 is 0. The number of carbonyl (C=O) groups is 3. The van der Waals surface area contributed by atoms with Crippen LogP contribution in [-0.4, -0.2) is 24.0 Å². The fourth-order valence-corrected chi connectivity index (χ4v) is 1.27. The van der Waals surface area contributed by atoms with Gasteiger partial charge in [-0.15, -0.1) is 0 Å². The lowest BCUT2D eigenvalue weighted by molar-refractivity contribution is -0.158. The maximum atomic E-state index is 11.5. The first-order valence-electron chi connectivity index (χ1n) is 6.49. The van der Waals surface area contributed by atoms with Crippen molar-refractivity contribution in [3.05, 3.63) is 35.9 Å². The second-order valence-electron chi connectivity index (χ2n) is 4.22. The average molecular weight is 294 g/mol. The van der Waals surface area contributed by atoms with E-state index in [1.165, 1.54) is 6.92 Å². The number of benzene rings is 1. The highest BCUT2D eigenvalue weighted by molar-refractivity contribution is 5.85. The summed E-state index contributed by atoms with van der Waals surface area (Å²) < 4.78 is 4.96. The molecule has 1 aromatic rings. The Kier molecular flexibility index (Phi) is 6.73. The minimum atomic E-state index is -0.891. The lowest BCUT2D eigenvalue weighted by Gasteiger charge is -2.13. The first-order chi connectivity index (χ1) is 10.0. The molecule has 1 rings (SSSR count). The first-order valence-corrected chi connectivity index (χ1v) is 6.49. The van der Waals surface area contributed by atoms with Crippen molar-refractivity contribution in [2.24, 2.45) is 0 Å². The normalized spacial score (nSPS) is 11.1. The third-order valence-corrected chi connectivity index (χ3v) is 2.49. The molecule has 0 aliphatic carbocycles. The van der Waals surface area contributed by atoms with E-state index in [0.717, 1.165) is 5.56 Å². The van der Waals surface area contributed by atoms with E-state index in [-0.39, 0.29) is 13.0 Å². The Hall–Kier alpha value is -2.57. The molecule has 0 fully saturated rings. The number of hydrogen-bond acceptors (Lipinski definition) is 5. The van der Waals surface area contributed by atoms with Crippen LogP contribution in [0.4, 0.5) is 4.79 Å². The molecule has 1 atom stereocenters. The number of nitrogens with one attached hydrogen (secondary N) is 2. The van der Waals surface area contributed by atoms with E-state index in [9.17, 15) is 14.4 Å². The van der Waals surface area contributed by atoms with Crippen LogP contribution in [0.15, 0.2) is 30.3 Å². The maximum absolute atomic E-state index is 11.5. The molecule has 0 radical (unpaired) electrons. The Morgan fingerprint density at radius 3 is 2.48 bits per heavy atom. The van der Waals surface area contributed by atoms with Crippen molar-refractivity contribution in [1.29, 1.82) is 0 Å². The van der Waals surface area contributed by atoms with Crippen LogP contribution in [0.1, 0.15) is 25.8 Å². The van der Waals surface area contributed by atoms with Gasteiger partial charge < -0.3 is 14.9 Å². The van der Waals surface area contributed by atoms with Crippen molar-refractivity contribution in [3.63, 3.8) is 0 Å². The highest BCUT2D eigenvalue weighted by Crippen LogP contribution is 2.00. The molecule has 7 heteroatoms. The molecule has 0 bridgehead atoms. The van der Waals surface area contributed by atoms with Gasteiger partial charge in [0.25, 0.3) is 5.91 Å². The van der Waals surface area contributed by atoms with Crippen LogP contribution in [0.3, 0.4) is 0 Å². The molecule has 0 aliphatic heterocycles. The third kappa shape index (κ3) is 6.42. The van der Waals surface area contributed by atoms with E-state index in [0.29, 0.717) is 0 Å². The smallest absolute Gasteiger partial charge is 0.408 e. The third-order valence-electron chi connectivity index (χ3n) is 2.49. The van der Waals surface area contributed by atoms with Crippen molar-refractivity contribution < 1.29 is 24.0 Å². The standard InChI is InChI=1S/C14H18N2O5/c1-3-12(17)21-16-13(18)10(2)15-14(19)20-9-11-7-5-4-6-8-11/h4-8,10H,3,9H2,1-2H3,(H,15,19)(H,16,18)/t10-/m1/s1. The number of carbonyl (C=O) groups excluding carboxylic acids is 3. The molecule has 7 nitrogen and oxygen atoms in total. The predicted octanol–water partition coefficient (Wildman–Crippen LogP) is 1.29. The Labute approximate surface area is 122 Å². The van der Waals surface area contributed by atoms with Crippen LogP contribution >= 0.6 is 0 Å². The largest absolute Gasteiger partial charge is 0.445 e. The molecule has 0 unspecified atom stereocenters. The van der Waals surface area contributed by atoms with Gasteiger partial charge in [0.05, 0.1) is 0 Å². The molecule has 0 heterocycles. The minimum Gasteiger partial charge on any atom is -0.445 e. The van der Waals surface area contributed by atoms with Crippen molar-refractivity contribution in [1.82, 2.24) is 10.8 Å². The Bertz CT molecular complexity index is 489. The quantitative estimate of drug-likeness (QED) is 0.798. The topological polar surface area (TPSA) is 93.7 Å². The van der Waals surface area contributed by atoms with Crippen LogP contribution in [0, 0.1) is 0 Å². The molecule has 21 heavy (non-hydrogen) atoms. The van der Waals surface area contributed by atoms with Gasteiger partial charge in [0.2, 0.25) is 0 Å². The lowest BCUT2D eigenvalue weighted by Crippen LogP contribution is -2.45. The summed E-state index contributed by atoms with van der Waals surface area (Å²) in [4.78, 5) is 38.3. The van der Waals surface area contributed by atoms with Gasteiger partial charge in [-0.05, 0) is 12.5 Å². The minimum absolute atomic E-state index is 0.103. The molecule has 1 aromatic carbocycles. The van der Waals surface area contributed by atoms with Crippen LogP contribution < -0.4 is 10.8 Å². The van der Waals surface area contributed by atoms with Gasteiger partial charge in [-0.2, -0.15) is 5.48 Å². The number of amides is 2. The highest BCUT2D eigenvalue weighted by atomic mass is 16.7. The van der Waals surface area contributed by atoms with Gasteiger partial charge in [-0.3, -0.25) is 4.79 Å². The van der Waals surface area contributed by atoms with Gasteiger partial charge in [-0.1, -0.05) is 37.3 Å². The summed E-state index contributed by atoms with van der Waals surface area (Å²) in [5.74, 6) is -1.21. The molecule has 0 aromatic heterocycles. The molecule has 0 saturated carbocycles. The number of alkyl carbamates (subject to hydrolysis) is 1. The molecule has 2 N–H and O–H groups in total. The van der Waals surface area contributed by atoms with Gasteiger partial charge in [0.15, 0.2) is 0 Å². The maximum Gasteiger partial charge on any atom is 0.408 e. The van der Waals surface area contributed by atoms with Gasteiger partial charge >= 0.3 is 12.1 Å². The van der Waals surface area contributed by atoms with E-state index in [4.69, 9.17) is 4.74 Å². The molecule has 114 valence electrons. The highest BCUT2D eigenvalue weighted by Gasteiger charge is 2.17. The van der Waals surface area contributed by atoms with Crippen LogP contribution in [0.2, 0.25) is 0 Å². The zero-order valence-corrected chi connectivity index (χ0v) is 11.9. The van der Waals surface area contributed by atoms with E-state index >= 15 is 0 Å². The van der Waals surface area contributed by atoms with E-state index in [1.807, 2.05) is 35.8 Å². The number of ether oxygens (including phenoxy) is 1. The van der Waals surface area contributed by atoms with Crippen molar-refractivity contribution in [3.8, 4) is 0 Å². The average Bonchev–Trinajstić information content (AvgIpc) is 2.51. The zero-order chi connectivity index (χ0) is 15.7. The predicted molar refractivity (Wildman–Crippen MR) is 73.8 cm³/mol. The zero-order valence-electron chi connectivity index (χ0n) is 11.9. The molecule has 2 amide bonds. The van der Waals surface area contributed by atoms with E-state index in [1.54, 1.807) is 6.92 Å². The molecule has 0 saturated heterocycles. The summed E-state index contributed by atoms with van der Waals surface area (Å²) in [6, 6.07) is 8.25. The number of hydrogen-bond donors (Lipinski definition) is 2. The molecule has 0 spiro atoms. The monoisotopic (exact) mass is 294 g/mol. The summed E-state index contributed by atoms with van der Waals surface area (Å²) in [6.45, 7) is 3.14. The lowest BCUT2D eigenvalue weighted by atomic mass is 10.2. The first kappa shape index (κ1) is 16.5. The fourth-order valence-electron chi connectivity index (χ4n) is 1.27. The SMILES string of the molecule is CCC(=O)ONC(=O)[C@@H](C)NC(=O)OCc1ccccc1. The van der Waals surface area contributed by atoms with E-state index in [2.05, 4.69) is 10.2 Å². The second-order valence-corrected chi connectivity index (χ2v) is 4.22. The molecule has 0 aliphatic rings. The fraction of sp³-hybridized carbons (Fsp3) is 0.357. The van der Waals surface area contributed by atoms with Crippen LogP contribution in [0.25, 0.3) is 0 Å². The van der Waals surface area contributed by atoms with Crippen LogP contribution in [-0.2, 0) is 25.8 Å². The van der Waals surface area contributed by atoms with Gasteiger partial charge in [0.1, 0.15) is 12.6 Å². The summed E-state index contributed by atoms with van der Waals surface area (Å²) in [5, 5.41) is 2.33. The second kappa shape index (κ2) is 8.57. The number of hydroxylamine groups is 1. The summed E-state index contributed by atoms with van der Waals surface area (Å²) in [5.41, 5.74) is 2.79. The van der Waals surface area contributed by atoms with Crippen molar-refractivity contribution in [2.75, 3.05) is 0 Å². The van der Waals surface area contributed by atoms with Crippen molar-refractivity contribution >= 4 is 18.0 Å².